The van der Waals surface area contributed by atoms with Gasteiger partial charge in [-0.1, -0.05) is 23.7 Å². The van der Waals surface area contributed by atoms with Crippen molar-refractivity contribution < 1.29 is 9.53 Å². The zero-order valence-corrected chi connectivity index (χ0v) is 16.2. The number of benzene rings is 1. The fourth-order valence-corrected chi connectivity index (χ4v) is 4.73. The lowest BCUT2D eigenvalue weighted by Gasteiger charge is -2.11. The first-order chi connectivity index (χ1) is 12.1. The van der Waals surface area contributed by atoms with Gasteiger partial charge in [-0.25, -0.2) is 4.79 Å². The molecule has 1 aliphatic rings. The first-order valence-corrected chi connectivity index (χ1v) is 9.71. The van der Waals surface area contributed by atoms with Crippen LogP contribution in [0.1, 0.15) is 32.8 Å². The normalized spacial score (nSPS) is 12.6. The summed E-state index contributed by atoms with van der Waals surface area (Å²) in [5.74, 6) is -0.302. The second kappa shape index (κ2) is 8.17. The van der Waals surface area contributed by atoms with E-state index in [1.807, 2.05) is 24.3 Å². The lowest BCUT2D eigenvalue weighted by molar-refractivity contribution is 0.0601. The van der Waals surface area contributed by atoms with E-state index in [0.29, 0.717) is 17.2 Å². The molecule has 1 aromatic carbocycles. The Morgan fingerprint density at radius 2 is 2.24 bits per heavy atom. The molecule has 4 nitrogen and oxygen atoms in total. The molecule has 1 heterocycles. The predicted octanol–water partition coefficient (Wildman–Crippen LogP) is 4.21. The van der Waals surface area contributed by atoms with Crippen LogP contribution in [0, 0.1) is 0 Å². The molecule has 25 heavy (non-hydrogen) atoms. The standard InChI is InChI=1S/C18H19ClN2O2S2/c1-23-17(22)15-13-6-3-7-14(13)25-16(15)21-18(24)20-9-8-11-4-2-5-12(19)10-11/h2,4-5,10H,3,6-9H2,1H3,(H2,20,21,24). The number of hydrogen-bond donors (Lipinski definition) is 2. The van der Waals surface area contributed by atoms with Crippen LogP contribution < -0.4 is 10.6 Å². The maximum atomic E-state index is 12.1. The summed E-state index contributed by atoms with van der Waals surface area (Å²) in [4.78, 5) is 13.4. The summed E-state index contributed by atoms with van der Waals surface area (Å²) < 4.78 is 4.94. The maximum absolute atomic E-state index is 12.1. The number of carbonyl (C=O) groups excluding carboxylic acids is 1. The predicted molar refractivity (Wildman–Crippen MR) is 107 cm³/mol. The van der Waals surface area contributed by atoms with Gasteiger partial charge in [0.15, 0.2) is 5.11 Å². The molecule has 0 saturated heterocycles. The van der Waals surface area contributed by atoms with Crippen LogP contribution in [-0.4, -0.2) is 24.7 Å². The Balaban J connectivity index is 1.60. The molecule has 1 aromatic heterocycles. The average Bonchev–Trinajstić information content (AvgIpc) is 3.15. The molecule has 2 N–H and O–H groups in total. The summed E-state index contributed by atoms with van der Waals surface area (Å²) in [5, 5.41) is 8.36. The number of hydrogen-bond acceptors (Lipinski definition) is 4. The summed E-state index contributed by atoms with van der Waals surface area (Å²) in [6, 6.07) is 7.77. The Morgan fingerprint density at radius 3 is 3.00 bits per heavy atom. The van der Waals surface area contributed by atoms with Crippen molar-refractivity contribution in [3.8, 4) is 0 Å². The molecule has 0 fully saturated rings. The maximum Gasteiger partial charge on any atom is 0.341 e. The quantitative estimate of drug-likeness (QED) is 0.587. The van der Waals surface area contributed by atoms with E-state index in [4.69, 9.17) is 28.6 Å². The molecule has 0 spiro atoms. The summed E-state index contributed by atoms with van der Waals surface area (Å²) in [6.07, 6.45) is 3.84. The van der Waals surface area contributed by atoms with Gasteiger partial charge in [0.1, 0.15) is 5.00 Å². The molecule has 0 radical (unpaired) electrons. The number of thiocarbonyl (C=S) groups is 1. The Morgan fingerprint density at radius 1 is 1.40 bits per heavy atom. The number of thiophene rings is 1. The van der Waals surface area contributed by atoms with Crippen LogP contribution in [0.5, 0.6) is 0 Å². The monoisotopic (exact) mass is 394 g/mol. The van der Waals surface area contributed by atoms with Gasteiger partial charge >= 0.3 is 5.97 Å². The number of rotatable bonds is 5. The number of halogens is 1. The Kier molecular flexibility index (Phi) is 5.93. The van der Waals surface area contributed by atoms with Crippen molar-refractivity contribution in [2.24, 2.45) is 0 Å². The molecule has 1 aliphatic carbocycles. The highest BCUT2D eigenvalue weighted by molar-refractivity contribution is 7.80. The molecule has 7 heteroatoms. The number of aryl methyl sites for hydroxylation is 1. The third kappa shape index (κ3) is 4.32. The molecule has 0 amide bonds. The van der Waals surface area contributed by atoms with E-state index in [-0.39, 0.29) is 5.97 Å². The fourth-order valence-electron chi connectivity index (χ4n) is 2.97. The van der Waals surface area contributed by atoms with Gasteiger partial charge < -0.3 is 15.4 Å². The third-order valence-electron chi connectivity index (χ3n) is 4.13. The molecular formula is C18H19ClN2O2S2. The molecule has 0 saturated carbocycles. The second-order valence-electron chi connectivity index (χ2n) is 5.81. The van der Waals surface area contributed by atoms with E-state index in [9.17, 15) is 4.79 Å². The van der Waals surface area contributed by atoms with Gasteiger partial charge in [-0.2, -0.15) is 0 Å². The zero-order chi connectivity index (χ0) is 17.8. The summed E-state index contributed by atoms with van der Waals surface area (Å²) in [6.45, 7) is 0.685. The third-order valence-corrected chi connectivity index (χ3v) is 5.81. The van der Waals surface area contributed by atoms with Crippen molar-refractivity contribution in [1.29, 1.82) is 0 Å². The van der Waals surface area contributed by atoms with E-state index >= 15 is 0 Å². The Bertz CT molecular complexity index is 804. The molecule has 132 valence electrons. The van der Waals surface area contributed by atoms with Crippen LogP contribution in [-0.2, 0) is 24.0 Å². The summed E-state index contributed by atoms with van der Waals surface area (Å²) >= 11 is 13.0. The van der Waals surface area contributed by atoms with Crippen molar-refractivity contribution >= 4 is 51.2 Å². The highest BCUT2D eigenvalue weighted by Gasteiger charge is 2.27. The van der Waals surface area contributed by atoms with Crippen molar-refractivity contribution in [2.75, 3.05) is 19.0 Å². The van der Waals surface area contributed by atoms with E-state index in [1.54, 1.807) is 11.3 Å². The number of methoxy groups -OCH3 is 1. The number of fused-ring (bicyclic) bond motifs is 1. The zero-order valence-electron chi connectivity index (χ0n) is 13.9. The fraction of sp³-hybridized carbons (Fsp3) is 0.333. The summed E-state index contributed by atoms with van der Waals surface area (Å²) in [5.41, 5.74) is 2.90. The topological polar surface area (TPSA) is 50.4 Å². The van der Waals surface area contributed by atoms with Crippen LogP contribution in [0.15, 0.2) is 24.3 Å². The molecule has 2 aromatic rings. The molecule has 0 aliphatic heterocycles. The van der Waals surface area contributed by atoms with Gasteiger partial charge in [0, 0.05) is 16.4 Å². The van der Waals surface area contributed by atoms with Gasteiger partial charge in [0.25, 0.3) is 0 Å². The van der Waals surface area contributed by atoms with E-state index in [1.165, 1.54) is 12.0 Å². The smallest absolute Gasteiger partial charge is 0.341 e. The highest BCUT2D eigenvalue weighted by atomic mass is 35.5. The minimum Gasteiger partial charge on any atom is -0.465 e. The van der Waals surface area contributed by atoms with Gasteiger partial charge in [-0.3, -0.25) is 0 Å². The van der Waals surface area contributed by atoms with Crippen molar-refractivity contribution in [3.05, 3.63) is 50.9 Å². The van der Waals surface area contributed by atoms with Gasteiger partial charge in [0.2, 0.25) is 0 Å². The molecule has 0 bridgehead atoms. The van der Waals surface area contributed by atoms with Crippen LogP contribution >= 0.6 is 35.2 Å². The first-order valence-electron chi connectivity index (χ1n) is 8.10. The SMILES string of the molecule is COC(=O)c1c(NC(=S)NCCc2cccc(Cl)c2)sc2c1CCC2. The Labute approximate surface area is 161 Å². The number of carbonyl (C=O) groups is 1. The van der Waals surface area contributed by atoms with Crippen molar-refractivity contribution in [3.63, 3.8) is 0 Å². The first kappa shape index (κ1) is 18.2. The summed E-state index contributed by atoms with van der Waals surface area (Å²) in [7, 11) is 1.41. The molecular weight excluding hydrogens is 376 g/mol. The van der Waals surface area contributed by atoms with Crippen LogP contribution in [0.4, 0.5) is 5.00 Å². The van der Waals surface area contributed by atoms with Gasteiger partial charge in [-0.15, -0.1) is 11.3 Å². The lowest BCUT2D eigenvalue weighted by Crippen LogP contribution is -2.30. The van der Waals surface area contributed by atoms with E-state index in [0.717, 1.165) is 46.8 Å². The average molecular weight is 395 g/mol. The van der Waals surface area contributed by atoms with E-state index in [2.05, 4.69) is 10.6 Å². The van der Waals surface area contributed by atoms with E-state index < -0.39 is 0 Å². The van der Waals surface area contributed by atoms with Gasteiger partial charge in [0.05, 0.1) is 12.7 Å². The van der Waals surface area contributed by atoms with Gasteiger partial charge in [-0.05, 0) is 61.2 Å². The molecule has 0 unspecified atom stereocenters. The number of anilines is 1. The molecule has 0 atom stereocenters. The number of ether oxygens (including phenoxy) is 1. The largest absolute Gasteiger partial charge is 0.465 e. The lowest BCUT2D eigenvalue weighted by atomic mass is 10.1. The number of esters is 1. The Hall–Kier alpha value is -1.63. The minimum atomic E-state index is -0.302. The van der Waals surface area contributed by atoms with Crippen LogP contribution in [0.3, 0.4) is 0 Å². The highest BCUT2D eigenvalue weighted by Crippen LogP contribution is 2.39. The van der Waals surface area contributed by atoms with Crippen LogP contribution in [0.2, 0.25) is 5.02 Å². The number of nitrogens with one attached hydrogen (secondary N) is 2. The van der Waals surface area contributed by atoms with Crippen molar-refractivity contribution in [1.82, 2.24) is 5.32 Å². The van der Waals surface area contributed by atoms with Crippen molar-refractivity contribution in [2.45, 2.75) is 25.7 Å². The second-order valence-corrected chi connectivity index (χ2v) is 7.76. The van der Waals surface area contributed by atoms with Crippen LogP contribution in [0.25, 0.3) is 0 Å². The minimum absolute atomic E-state index is 0.302. The molecule has 3 rings (SSSR count).